The van der Waals surface area contributed by atoms with Gasteiger partial charge in [-0.3, -0.25) is 9.35 Å². The molecule has 23 heavy (non-hydrogen) atoms. The maximum Gasteiger partial charge on any atom is 0.296 e. The molecule has 0 spiro atoms. The Morgan fingerprint density at radius 2 is 1.96 bits per heavy atom. The zero-order valence-corrected chi connectivity index (χ0v) is 13.6. The highest BCUT2D eigenvalue weighted by atomic mass is 32.2. The topological polar surface area (TPSA) is 141 Å². The molecule has 5 N–H and O–H groups in total. The van der Waals surface area contributed by atoms with Gasteiger partial charge in [0.1, 0.15) is 5.69 Å². The summed E-state index contributed by atoms with van der Waals surface area (Å²) in [5.41, 5.74) is 13.2. The number of aromatic nitrogens is 1. The van der Waals surface area contributed by atoms with Crippen molar-refractivity contribution in [1.82, 2.24) is 4.57 Å². The van der Waals surface area contributed by atoms with Crippen molar-refractivity contribution in [2.24, 2.45) is 23.5 Å². The van der Waals surface area contributed by atoms with Gasteiger partial charge in [-0.25, -0.2) is 0 Å². The van der Waals surface area contributed by atoms with Crippen LogP contribution in [0.15, 0.2) is 23.2 Å². The summed E-state index contributed by atoms with van der Waals surface area (Å²) in [6.07, 6.45) is 0.179. The summed E-state index contributed by atoms with van der Waals surface area (Å²) in [4.78, 5) is 15.5. The molecule has 1 aromatic heterocycles. The average Bonchev–Trinajstić information content (AvgIpc) is 2.73. The monoisotopic (exact) mass is 338 g/mol. The summed E-state index contributed by atoms with van der Waals surface area (Å²) in [5.74, 6) is -1.23. The van der Waals surface area contributed by atoms with E-state index in [4.69, 9.17) is 16.0 Å². The van der Waals surface area contributed by atoms with Crippen LogP contribution < -0.4 is 11.5 Å². The van der Waals surface area contributed by atoms with E-state index in [9.17, 15) is 13.2 Å². The highest BCUT2D eigenvalue weighted by Gasteiger charge is 2.15. The lowest BCUT2D eigenvalue weighted by Gasteiger charge is -2.06. The number of nitrogens with two attached hydrogens (primary N) is 2. The Bertz CT molecular complexity index is 908. The predicted molar refractivity (Wildman–Crippen MR) is 87.9 cm³/mol. The molecule has 0 aliphatic heterocycles. The van der Waals surface area contributed by atoms with Crippen LogP contribution in [0.3, 0.4) is 0 Å². The van der Waals surface area contributed by atoms with Gasteiger partial charge in [-0.2, -0.15) is 13.4 Å². The van der Waals surface area contributed by atoms with Crippen LogP contribution in [0.2, 0.25) is 0 Å². The lowest BCUT2D eigenvalue weighted by atomic mass is 10.1. The van der Waals surface area contributed by atoms with Crippen LogP contribution in [-0.4, -0.2) is 35.2 Å². The predicted octanol–water partition coefficient (Wildman–Crippen LogP) is 0.331. The Labute approximate surface area is 133 Å². The van der Waals surface area contributed by atoms with Gasteiger partial charge in [0.05, 0.1) is 5.75 Å². The molecule has 0 radical (unpaired) electrons. The first kappa shape index (κ1) is 17.0. The lowest BCUT2D eigenvalue weighted by Crippen LogP contribution is -2.24. The van der Waals surface area contributed by atoms with E-state index in [1.54, 1.807) is 23.7 Å². The molecule has 0 atom stereocenters. The molecule has 0 saturated heterocycles. The quantitative estimate of drug-likeness (QED) is 0.417. The summed E-state index contributed by atoms with van der Waals surface area (Å²) in [5, 5.41) is 0.845. The largest absolute Gasteiger partial charge is 0.370 e. The highest BCUT2D eigenvalue weighted by molar-refractivity contribution is 7.85. The van der Waals surface area contributed by atoms with E-state index in [1.807, 2.05) is 13.0 Å². The number of benzene rings is 1. The van der Waals surface area contributed by atoms with E-state index in [1.165, 1.54) is 0 Å². The first-order chi connectivity index (χ1) is 10.6. The summed E-state index contributed by atoms with van der Waals surface area (Å²) < 4.78 is 32.3. The van der Waals surface area contributed by atoms with Crippen molar-refractivity contribution in [3.8, 4) is 0 Å². The number of hydrogen-bond acceptors (Lipinski definition) is 3. The first-order valence-corrected chi connectivity index (χ1v) is 8.37. The summed E-state index contributed by atoms with van der Waals surface area (Å²) in [6, 6.07) is 5.29. The normalized spacial score (nSPS) is 11.6. The van der Waals surface area contributed by atoms with Crippen molar-refractivity contribution in [2.75, 3.05) is 5.75 Å². The maximum atomic E-state index is 12.0. The number of carbonyl (C=O) groups excluding carboxylic acids is 1. The molecular weight excluding hydrogens is 320 g/mol. The standard InChI is InChI=1S/C14H18N4O4S/c1-8-5-9(3-4-23(20,21)22)6-11-10(8)7-12(18(11)2)13(19)17-14(15)16/h5-7H,3-4H2,1-2H3,(H,20,21,22)(H4,15,16,17,19). The van der Waals surface area contributed by atoms with Crippen molar-refractivity contribution in [1.29, 1.82) is 0 Å². The number of guanidine groups is 1. The second kappa shape index (κ2) is 6.01. The Kier molecular flexibility index (Phi) is 4.44. The van der Waals surface area contributed by atoms with Gasteiger partial charge in [0.2, 0.25) is 0 Å². The third-order valence-electron chi connectivity index (χ3n) is 3.53. The van der Waals surface area contributed by atoms with E-state index in [0.29, 0.717) is 5.69 Å². The fourth-order valence-electron chi connectivity index (χ4n) is 2.45. The van der Waals surface area contributed by atoms with Crippen LogP contribution in [0.25, 0.3) is 10.9 Å². The fraction of sp³-hybridized carbons (Fsp3) is 0.286. The van der Waals surface area contributed by atoms with E-state index in [-0.39, 0.29) is 18.1 Å². The van der Waals surface area contributed by atoms with Gasteiger partial charge in [-0.1, -0.05) is 6.07 Å². The molecule has 0 unspecified atom stereocenters. The smallest absolute Gasteiger partial charge is 0.296 e. The Hall–Kier alpha value is -2.39. The van der Waals surface area contributed by atoms with Crippen LogP contribution in [0.1, 0.15) is 21.6 Å². The van der Waals surface area contributed by atoms with Gasteiger partial charge >= 0.3 is 0 Å². The maximum absolute atomic E-state index is 12.0. The first-order valence-electron chi connectivity index (χ1n) is 6.76. The molecule has 0 aliphatic carbocycles. The molecule has 9 heteroatoms. The van der Waals surface area contributed by atoms with Crippen LogP contribution in [0.4, 0.5) is 0 Å². The van der Waals surface area contributed by atoms with E-state index >= 15 is 0 Å². The number of aliphatic imine (C=N–C) groups is 1. The lowest BCUT2D eigenvalue weighted by molar-refractivity contribution is 0.0995. The zero-order chi connectivity index (χ0) is 17.4. The number of nitrogens with zero attached hydrogens (tertiary/aromatic N) is 2. The Morgan fingerprint density at radius 3 is 2.52 bits per heavy atom. The molecule has 2 rings (SSSR count). The van der Waals surface area contributed by atoms with Crippen molar-refractivity contribution >= 4 is 32.9 Å². The SMILES string of the molecule is Cc1cc(CCS(=O)(=O)O)cc2c1cc(C(=O)N=C(N)N)n2C. The minimum atomic E-state index is -4.03. The summed E-state index contributed by atoms with van der Waals surface area (Å²) >= 11 is 0. The number of fused-ring (bicyclic) bond motifs is 1. The molecule has 1 aromatic carbocycles. The fourth-order valence-corrected chi connectivity index (χ4v) is 2.95. The van der Waals surface area contributed by atoms with Crippen LogP contribution in [0.5, 0.6) is 0 Å². The Balaban J connectivity index is 2.50. The number of rotatable bonds is 4. The van der Waals surface area contributed by atoms with E-state index < -0.39 is 16.0 Å². The molecule has 8 nitrogen and oxygen atoms in total. The van der Waals surface area contributed by atoms with Gasteiger partial charge in [0.25, 0.3) is 16.0 Å². The molecule has 1 heterocycles. The van der Waals surface area contributed by atoms with Gasteiger partial charge in [-0.15, -0.1) is 0 Å². The van der Waals surface area contributed by atoms with Crippen molar-refractivity contribution in [3.05, 3.63) is 35.0 Å². The second-order valence-corrected chi connectivity index (χ2v) is 6.88. The number of amides is 1. The molecule has 0 bridgehead atoms. The molecule has 1 amide bonds. The molecule has 0 saturated carbocycles. The average molecular weight is 338 g/mol. The third-order valence-corrected chi connectivity index (χ3v) is 4.25. The van der Waals surface area contributed by atoms with Crippen LogP contribution >= 0.6 is 0 Å². The molecule has 0 fully saturated rings. The summed E-state index contributed by atoms with van der Waals surface area (Å²) in [7, 11) is -2.33. The van der Waals surface area contributed by atoms with Gasteiger partial charge in [-0.05, 0) is 36.6 Å². The number of hydrogen-bond donors (Lipinski definition) is 3. The zero-order valence-electron chi connectivity index (χ0n) is 12.8. The highest BCUT2D eigenvalue weighted by Crippen LogP contribution is 2.25. The minimum absolute atomic E-state index is 0.179. The minimum Gasteiger partial charge on any atom is -0.370 e. The third kappa shape index (κ3) is 3.88. The van der Waals surface area contributed by atoms with Crippen LogP contribution in [-0.2, 0) is 23.6 Å². The van der Waals surface area contributed by atoms with Crippen molar-refractivity contribution in [2.45, 2.75) is 13.3 Å². The van der Waals surface area contributed by atoms with E-state index in [2.05, 4.69) is 4.99 Å². The van der Waals surface area contributed by atoms with Gasteiger partial charge in [0, 0.05) is 18.0 Å². The molecule has 2 aromatic rings. The van der Waals surface area contributed by atoms with Crippen molar-refractivity contribution < 1.29 is 17.8 Å². The van der Waals surface area contributed by atoms with Crippen LogP contribution in [0, 0.1) is 6.92 Å². The molecule has 0 aliphatic rings. The molecule has 124 valence electrons. The van der Waals surface area contributed by atoms with E-state index in [0.717, 1.165) is 22.0 Å². The van der Waals surface area contributed by atoms with Gasteiger partial charge < -0.3 is 16.0 Å². The number of aryl methyl sites for hydroxylation is 3. The van der Waals surface area contributed by atoms with Crippen molar-refractivity contribution in [3.63, 3.8) is 0 Å². The number of carbonyl (C=O) groups is 1. The van der Waals surface area contributed by atoms with Gasteiger partial charge in [0.15, 0.2) is 5.96 Å². The second-order valence-electron chi connectivity index (χ2n) is 5.31. The summed E-state index contributed by atoms with van der Waals surface area (Å²) in [6.45, 7) is 1.86. The molecular formula is C14H18N4O4S. The Morgan fingerprint density at radius 1 is 1.30 bits per heavy atom.